The summed E-state index contributed by atoms with van der Waals surface area (Å²) in [6, 6.07) is 2.59. The van der Waals surface area contributed by atoms with Crippen LogP contribution in [0.5, 0.6) is 0 Å². The fraction of sp³-hybridized carbons (Fsp3) is 0.667. The third-order valence-electron chi connectivity index (χ3n) is 5.53. The van der Waals surface area contributed by atoms with Gasteiger partial charge in [0.2, 0.25) is 5.09 Å². The summed E-state index contributed by atoms with van der Waals surface area (Å²) in [5.74, 6) is 0.575. The van der Waals surface area contributed by atoms with E-state index in [1.54, 1.807) is 0 Å². The highest BCUT2D eigenvalue weighted by Crippen LogP contribution is 2.62. The zero-order valence-electron chi connectivity index (χ0n) is 12.5. The van der Waals surface area contributed by atoms with Crippen molar-refractivity contribution in [1.29, 1.82) is 0 Å². The van der Waals surface area contributed by atoms with E-state index in [1.165, 1.54) is 12.1 Å². The van der Waals surface area contributed by atoms with Crippen LogP contribution in [0.15, 0.2) is 21.6 Å². The Morgan fingerprint density at radius 1 is 1.33 bits per heavy atom. The van der Waals surface area contributed by atoms with Crippen LogP contribution >= 0.6 is 0 Å². The maximum Gasteiger partial charge on any atom is 0.274 e. The van der Waals surface area contributed by atoms with Crippen molar-refractivity contribution in [2.45, 2.75) is 51.2 Å². The van der Waals surface area contributed by atoms with E-state index in [-0.39, 0.29) is 27.7 Å². The lowest BCUT2D eigenvalue weighted by atomic mass is 9.69. The number of sulfonamides is 1. The van der Waals surface area contributed by atoms with Gasteiger partial charge in [-0.2, -0.15) is 0 Å². The standard InChI is InChI=1S/C15H21NO4S/c1-14(2)10-6-7-15(3,8-10)13(14)16-21(18,19)12-5-4-11(9-17)20-12/h4-5,9-10,13,16H,6-8H2,1-3H3. The van der Waals surface area contributed by atoms with Gasteiger partial charge in [0.25, 0.3) is 10.0 Å². The number of carbonyl (C=O) groups excluding carboxylic acids is 1. The molecule has 6 heteroatoms. The summed E-state index contributed by atoms with van der Waals surface area (Å²) in [4.78, 5) is 10.6. The molecule has 0 spiro atoms. The van der Waals surface area contributed by atoms with Gasteiger partial charge in [0.1, 0.15) is 0 Å². The SMILES string of the molecule is CC12CCC(C1)C(C)(C)C2NS(=O)(=O)c1ccc(C=O)o1. The first-order valence-electron chi connectivity index (χ1n) is 7.26. The highest BCUT2D eigenvalue weighted by atomic mass is 32.2. The second-order valence-corrected chi connectivity index (χ2v) is 8.89. The number of fused-ring (bicyclic) bond motifs is 2. The molecular formula is C15H21NO4S. The van der Waals surface area contributed by atoms with Gasteiger partial charge in [-0.3, -0.25) is 4.79 Å². The van der Waals surface area contributed by atoms with E-state index < -0.39 is 10.0 Å². The summed E-state index contributed by atoms with van der Waals surface area (Å²) in [6.07, 6.45) is 3.77. The molecule has 3 unspecified atom stereocenters. The fourth-order valence-corrected chi connectivity index (χ4v) is 5.82. The second kappa shape index (κ2) is 4.43. The average Bonchev–Trinajstić information content (AvgIpc) is 3.06. The Kier molecular flexibility index (Phi) is 3.12. The van der Waals surface area contributed by atoms with E-state index in [1.807, 2.05) is 0 Å². The monoisotopic (exact) mass is 311 g/mol. The minimum atomic E-state index is -3.74. The molecule has 2 fully saturated rings. The van der Waals surface area contributed by atoms with E-state index >= 15 is 0 Å². The first-order chi connectivity index (χ1) is 9.69. The lowest BCUT2D eigenvalue weighted by Gasteiger charge is -2.42. The number of hydrogen-bond acceptors (Lipinski definition) is 4. The largest absolute Gasteiger partial charge is 0.440 e. The Morgan fingerprint density at radius 3 is 2.57 bits per heavy atom. The van der Waals surface area contributed by atoms with Crippen LogP contribution in [0.25, 0.3) is 0 Å². The maximum absolute atomic E-state index is 12.5. The summed E-state index contributed by atoms with van der Waals surface area (Å²) in [5, 5.41) is -0.188. The van der Waals surface area contributed by atoms with Crippen molar-refractivity contribution in [1.82, 2.24) is 4.72 Å². The zero-order valence-corrected chi connectivity index (χ0v) is 13.4. The number of aldehydes is 1. The Balaban J connectivity index is 1.90. The quantitative estimate of drug-likeness (QED) is 0.867. The van der Waals surface area contributed by atoms with Crippen LogP contribution in [-0.2, 0) is 10.0 Å². The van der Waals surface area contributed by atoms with Crippen LogP contribution in [0.1, 0.15) is 50.6 Å². The smallest absolute Gasteiger partial charge is 0.274 e. The van der Waals surface area contributed by atoms with Crippen molar-refractivity contribution in [3.63, 3.8) is 0 Å². The molecule has 5 nitrogen and oxygen atoms in total. The summed E-state index contributed by atoms with van der Waals surface area (Å²) in [7, 11) is -3.74. The average molecular weight is 311 g/mol. The Bertz CT molecular complexity index is 671. The van der Waals surface area contributed by atoms with Crippen LogP contribution in [0, 0.1) is 16.7 Å². The summed E-state index contributed by atoms with van der Waals surface area (Å²) in [6.45, 7) is 6.43. The van der Waals surface area contributed by atoms with Gasteiger partial charge in [-0.15, -0.1) is 0 Å². The third kappa shape index (κ3) is 2.16. The van der Waals surface area contributed by atoms with Crippen LogP contribution in [0.2, 0.25) is 0 Å². The van der Waals surface area contributed by atoms with Crippen LogP contribution < -0.4 is 4.72 Å². The Labute approximate surface area is 125 Å². The molecule has 1 aromatic rings. The van der Waals surface area contributed by atoms with Crippen molar-refractivity contribution < 1.29 is 17.6 Å². The molecule has 0 aromatic carbocycles. The molecule has 21 heavy (non-hydrogen) atoms. The van der Waals surface area contributed by atoms with Crippen LogP contribution in [0.3, 0.4) is 0 Å². The van der Waals surface area contributed by atoms with E-state index in [0.29, 0.717) is 12.2 Å². The lowest BCUT2D eigenvalue weighted by Crippen LogP contribution is -2.52. The first-order valence-corrected chi connectivity index (χ1v) is 8.75. The number of furan rings is 1. The number of nitrogens with one attached hydrogen (secondary N) is 1. The van der Waals surface area contributed by atoms with Crippen LogP contribution in [-0.4, -0.2) is 20.7 Å². The Hall–Kier alpha value is -1.14. The molecule has 0 amide bonds. The van der Waals surface area contributed by atoms with Gasteiger partial charge in [-0.05, 0) is 48.1 Å². The molecule has 0 saturated heterocycles. The van der Waals surface area contributed by atoms with Crippen molar-refractivity contribution in [3.05, 3.63) is 17.9 Å². The summed E-state index contributed by atoms with van der Waals surface area (Å²) < 4.78 is 32.9. The van der Waals surface area contributed by atoms with Crippen molar-refractivity contribution in [2.75, 3.05) is 0 Å². The Morgan fingerprint density at radius 2 is 2.05 bits per heavy atom. The lowest BCUT2D eigenvalue weighted by molar-refractivity contribution is 0.109. The molecule has 2 aliphatic carbocycles. The number of carbonyl (C=O) groups is 1. The molecule has 2 aliphatic rings. The van der Waals surface area contributed by atoms with Gasteiger partial charge < -0.3 is 4.42 Å². The predicted octanol–water partition coefficient (Wildman–Crippen LogP) is 2.59. The third-order valence-corrected chi connectivity index (χ3v) is 6.82. The highest BCUT2D eigenvalue weighted by Gasteiger charge is 2.60. The highest BCUT2D eigenvalue weighted by molar-refractivity contribution is 7.89. The number of hydrogen-bond donors (Lipinski definition) is 1. The van der Waals surface area contributed by atoms with E-state index in [2.05, 4.69) is 25.5 Å². The fourth-order valence-electron chi connectivity index (χ4n) is 4.35. The second-order valence-electron chi connectivity index (χ2n) is 7.24. The summed E-state index contributed by atoms with van der Waals surface area (Å²) >= 11 is 0. The maximum atomic E-state index is 12.5. The molecule has 2 saturated carbocycles. The molecule has 0 aliphatic heterocycles. The zero-order chi connectivity index (χ0) is 15.5. The molecule has 1 N–H and O–H groups in total. The minimum absolute atomic E-state index is 0.00131. The van der Waals surface area contributed by atoms with Crippen molar-refractivity contribution >= 4 is 16.3 Å². The first kappa shape index (κ1) is 14.8. The summed E-state index contributed by atoms with van der Waals surface area (Å²) in [5.41, 5.74) is -0.0680. The van der Waals surface area contributed by atoms with Crippen molar-refractivity contribution in [2.24, 2.45) is 16.7 Å². The molecular weight excluding hydrogens is 290 g/mol. The van der Waals surface area contributed by atoms with E-state index in [9.17, 15) is 13.2 Å². The molecule has 116 valence electrons. The van der Waals surface area contributed by atoms with Gasteiger partial charge in [0.05, 0.1) is 0 Å². The van der Waals surface area contributed by atoms with Crippen molar-refractivity contribution in [3.8, 4) is 0 Å². The van der Waals surface area contributed by atoms with Gasteiger partial charge in [0.15, 0.2) is 12.0 Å². The molecule has 3 rings (SSSR count). The molecule has 2 bridgehead atoms. The normalized spacial score (nSPS) is 34.2. The van der Waals surface area contributed by atoms with Gasteiger partial charge in [-0.1, -0.05) is 20.8 Å². The molecule has 0 radical (unpaired) electrons. The van der Waals surface area contributed by atoms with Gasteiger partial charge in [-0.25, -0.2) is 13.1 Å². The van der Waals surface area contributed by atoms with Gasteiger partial charge >= 0.3 is 0 Å². The minimum Gasteiger partial charge on any atom is -0.440 e. The van der Waals surface area contributed by atoms with E-state index in [0.717, 1.165) is 19.3 Å². The topological polar surface area (TPSA) is 76.4 Å². The predicted molar refractivity (Wildman–Crippen MR) is 77.4 cm³/mol. The van der Waals surface area contributed by atoms with E-state index in [4.69, 9.17) is 4.42 Å². The van der Waals surface area contributed by atoms with Crippen LogP contribution in [0.4, 0.5) is 0 Å². The molecule has 3 atom stereocenters. The van der Waals surface area contributed by atoms with Gasteiger partial charge in [0, 0.05) is 6.04 Å². The molecule has 1 aromatic heterocycles. The molecule has 1 heterocycles. The number of rotatable bonds is 4.